The molecule has 0 amide bonds. The van der Waals surface area contributed by atoms with Crippen LogP contribution >= 0.6 is 0 Å². The number of phenolic OH excluding ortho intramolecular Hbond substituents is 1. The quantitative estimate of drug-likeness (QED) is 0.585. The van der Waals surface area contributed by atoms with Gasteiger partial charge in [0.15, 0.2) is 5.52 Å². The van der Waals surface area contributed by atoms with Crippen LogP contribution in [0, 0.1) is 10.1 Å². The zero-order valence-corrected chi connectivity index (χ0v) is 10.8. The molecule has 0 unspecified atom stereocenters. The number of aromatic hydroxyl groups is 1. The van der Waals surface area contributed by atoms with Gasteiger partial charge < -0.3 is 9.84 Å². The first-order valence-corrected chi connectivity index (χ1v) is 6.14. The number of phenols is 1. The first kappa shape index (κ1) is 12.9. The summed E-state index contributed by atoms with van der Waals surface area (Å²) in [6.45, 7) is 0. The van der Waals surface area contributed by atoms with Crippen LogP contribution in [0.25, 0.3) is 10.9 Å². The molecule has 0 aliphatic heterocycles. The van der Waals surface area contributed by atoms with E-state index in [-0.39, 0.29) is 17.0 Å². The van der Waals surface area contributed by atoms with Crippen LogP contribution in [-0.4, -0.2) is 15.0 Å². The third-order valence-electron chi connectivity index (χ3n) is 2.97. The molecule has 0 saturated carbocycles. The average Bonchev–Trinajstić information content (AvgIpc) is 2.49. The molecule has 1 heterocycles. The van der Waals surface area contributed by atoms with Crippen molar-refractivity contribution < 1.29 is 14.8 Å². The first-order chi connectivity index (χ1) is 10.1. The van der Waals surface area contributed by atoms with Crippen molar-refractivity contribution in [1.82, 2.24) is 4.98 Å². The summed E-state index contributed by atoms with van der Waals surface area (Å²) in [6.07, 6.45) is 1.46. The lowest BCUT2D eigenvalue weighted by Crippen LogP contribution is -1.93. The lowest BCUT2D eigenvalue weighted by atomic mass is 10.2. The van der Waals surface area contributed by atoms with E-state index in [4.69, 9.17) is 4.74 Å². The van der Waals surface area contributed by atoms with Crippen molar-refractivity contribution >= 4 is 16.6 Å². The van der Waals surface area contributed by atoms with Crippen LogP contribution in [0.1, 0.15) is 0 Å². The van der Waals surface area contributed by atoms with E-state index in [1.807, 2.05) is 0 Å². The Kier molecular flexibility index (Phi) is 3.12. The summed E-state index contributed by atoms with van der Waals surface area (Å²) in [5.41, 5.74) is 0.211. The van der Waals surface area contributed by atoms with Gasteiger partial charge in [-0.3, -0.25) is 10.1 Å². The fraction of sp³-hybridized carbons (Fsp3) is 0. The Hall–Kier alpha value is -3.15. The molecule has 0 saturated heterocycles. The molecule has 0 bridgehead atoms. The summed E-state index contributed by atoms with van der Waals surface area (Å²) >= 11 is 0. The van der Waals surface area contributed by atoms with E-state index in [0.29, 0.717) is 16.9 Å². The third-order valence-corrected chi connectivity index (χ3v) is 2.97. The summed E-state index contributed by atoms with van der Waals surface area (Å²) in [5, 5.41) is 20.8. The molecule has 3 aromatic rings. The molecule has 1 N–H and O–H groups in total. The Morgan fingerprint density at radius 3 is 2.57 bits per heavy atom. The second kappa shape index (κ2) is 5.09. The minimum atomic E-state index is -0.473. The van der Waals surface area contributed by atoms with Gasteiger partial charge in [-0.05, 0) is 36.4 Å². The number of nitro benzene ring substituents is 1. The standard InChI is InChI=1S/C15H10N2O4/c18-10-4-6-11(7-5-10)21-14-8-9-16-15-12(14)2-1-3-13(15)17(19)20/h1-9,18H. The number of benzene rings is 2. The van der Waals surface area contributed by atoms with Crippen LogP contribution in [0.3, 0.4) is 0 Å². The lowest BCUT2D eigenvalue weighted by Gasteiger charge is -2.08. The Morgan fingerprint density at radius 2 is 1.86 bits per heavy atom. The number of nitrogens with zero attached hydrogens (tertiary/aromatic N) is 2. The highest BCUT2D eigenvalue weighted by Crippen LogP contribution is 2.33. The van der Waals surface area contributed by atoms with Crippen molar-refractivity contribution in [3.05, 3.63) is 64.8 Å². The van der Waals surface area contributed by atoms with Crippen LogP contribution in [0.15, 0.2) is 54.7 Å². The molecule has 0 aliphatic rings. The summed E-state index contributed by atoms with van der Waals surface area (Å²) in [4.78, 5) is 14.6. The van der Waals surface area contributed by atoms with Crippen molar-refractivity contribution in [1.29, 1.82) is 0 Å². The molecule has 0 aliphatic carbocycles. The van der Waals surface area contributed by atoms with Gasteiger partial charge in [0.2, 0.25) is 0 Å². The number of rotatable bonds is 3. The maximum absolute atomic E-state index is 11.0. The molecule has 2 aromatic carbocycles. The van der Waals surface area contributed by atoms with Gasteiger partial charge in [-0.25, -0.2) is 4.98 Å². The number of aromatic nitrogens is 1. The molecule has 3 rings (SSSR count). The largest absolute Gasteiger partial charge is 0.508 e. The third kappa shape index (κ3) is 2.46. The predicted molar refractivity (Wildman–Crippen MR) is 76.6 cm³/mol. The van der Waals surface area contributed by atoms with E-state index in [2.05, 4.69) is 4.98 Å². The van der Waals surface area contributed by atoms with E-state index in [1.165, 1.54) is 24.4 Å². The molecule has 0 fully saturated rings. The molecule has 0 radical (unpaired) electrons. The predicted octanol–water partition coefficient (Wildman–Crippen LogP) is 3.64. The van der Waals surface area contributed by atoms with Crippen molar-refractivity contribution in [2.75, 3.05) is 0 Å². The fourth-order valence-corrected chi connectivity index (χ4v) is 2.01. The number of non-ortho nitro benzene ring substituents is 1. The minimum absolute atomic E-state index is 0.0661. The van der Waals surface area contributed by atoms with Gasteiger partial charge in [0.25, 0.3) is 5.69 Å². The number of hydrogen-bond donors (Lipinski definition) is 1. The summed E-state index contributed by atoms with van der Waals surface area (Å²) in [7, 11) is 0. The molecule has 0 atom stereocenters. The number of para-hydroxylation sites is 1. The van der Waals surface area contributed by atoms with E-state index >= 15 is 0 Å². The maximum atomic E-state index is 11.0. The van der Waals surface area contributed by atoms with Crippen molar-refractivity contribution in [3.8, 4) is 17.2 Å². The van der Waals surface area contributed by atoms with Crippen LogP contribution in [0.2, 0.25) is 0 Å². The topological polar surface area (TPSA) is 85.5 Å². The van der Waals surface area contributed by atoms with Crippen molar-refractivity contribution in [2.45, 2.75) is 0 Å². The van der Waals surface area contributed by atoms with Crippen LogP contribution in [0.5, 0.6) is 17.2 Å². The van der Waals surface area contributed by atoms with Gasteiger partial charge in [-0.1, -0.05) is 6.07 Å². The lowest BCUT2D eigenvalue weighted by molar-refractivity contribution is -0.383. The van der Waals surface area contributed by atoms with Gasteiger partial charge in [-0.2, -0.15) is 0 Å². The molecule has 104 valence electrons. The van der Waals surface area contributed by atoms with E-state index in [9.17, 15) is 15.2 Å². The highest BCUT2D eigenvalue weighted by atomic mass is 16.6. The maximum Gasteiger partial charge on any atom is 0.295 e. The highest BCUT2D eigenvalue weighted by Gasteiger charge is 2.15. The molecular formula is C15H10N2O4. The van der Waals surface area contributed by atoms with Gasteiger partial charge in [0.1, 0.15) is 17.2 Å². The SMILES string of the molecule is O=[N+]([O-])c1cccc2c(Oc3ccc(O)cc3)ccnc12. The molecule has 6 nitrogen and oxygen atoms in total. The molecule has 6 heteroatoms. The van der Waals surface area contributed by atoms with Gasteiger partial charge in [0.05, 0.1) is 4.92 Å². The monoisotopic (exact) mass is 282 g/mol. The number of pyridine rings is 1. The summed E-state index contributed by atoms with van der Waals surface area (Å²) < 4.78 is 5.71. The first-order valence-electron chi connectivity index (χ1n) is 6.14. The zero-order valence-electron chi connectivity index (χ0n) is 10.8. The normalized spacial score (nSPS) is 10.5. The molecule has 0 spiro atoms. The number of ether oxygens (including phenoxy) is 1. The second-order valence-electron chi connectivity index (χ2n) is 4.34. The Bertz CT molecular complexity index is 816. The fourth-order valence-electron chi connectivity index (χ4n) is 2.01. The van der Waals surface area contributed by atoms with E-state index in [1.54, 1.807) is 30.3 Å². The van der Waals surface area contributed by atoms with Crippen molar-refractivity contribution in [2.24, 2.45) is 0 Å². The number of nitro groups is 1. The van der Waals surface area contributed by atoms with Gasteiger partial charge >= 0.3 is 0 Å². The molecule has 1 aromatic heterocycles. The van der Waals surface area contributed by atoms with Crippen LogP contribution in [-0.2, 0) is 0 Å². The van der Waals surface area contributed by atoms with Crippen LogP contribution < -0.4 is 4.74 Å². The van der Waals surface area contributed by atoms with E-state index in [0.717, 1.165) is 0 Å². The smallest absolute Gasteiger partial charge is 0.295 e. The number of hydrogen-bond acceptors (Lipinski definition) is 5. The highest BCUT2D eigenvalue weighted by molar-refractivity contribution is 5.91. The summed E-state index contributed by atoms with van der Waals surface area (Å²) in [6, 6.07) is 12.6. The van der Waals surface area contributed by atoms with Gasteiger partial charge in [0, 0.05) is 17.6 Å². The Balaban J connectivity index is 2.09. The van der Waals surface area contributed by atoms with Gasteiger partial charge in [-0.15, -0.1) is 0 Å². The van der Waals surface area contributed by atoms with Crippen molar-refractivity contribution in [3.63, 3.8) is 0 Å². The second-order valence-corrected chi connectivity index (χ2v) is 4.34. The summed E-state index contributed by atoms with van der Waals surface area (Å²) in [5.74, 6) is 1.12. The zero-order chi connectivity index (χ0) is 14.8. The number of fused-ring (bicyclic) bond motifs is 1. The average molecular weight is 282 g/mol. The molecule has 21 heavy (non-hydrogen) atoms. The minimum Gasteiger partial charge on any atom is -0.508 e. The Labute approximate surface area is 119 Å². The van der Waals surface area contributed by atoms with E-state index < -0.39 is 4.92 Å². The Morgan fingerprint density at radius 1 is 1.10 bits per heavy atom. The molecular weight excluding hydrogens is 272 g/mol. The van der Waals surface area contributed by atoms with Crippen LogP contribution in [0.4, 0.5) is 5.69 Å².